The van der Waals surface area contributed by atoms with E-state index in [1.807, 2.05) is 0 Å². The summed E-state index contributed by atoms with van der Waals surface area (Å²) in [6.45, 7) is 0. The highest BCUT2D eigenvalue weighted by Crippen LogP contribution is 2.23. The second-order valence-electron chi connectivity index (χ2n) is 3.23. The Morgan fingerprint density at radius 2 is 2.31 bits per heavy atom. The van der Waals surface area contributed by atoms with E-state index in [1.54, 1.807) is 25.4 Å². The van der Waals surface area contributed by atoms with Crippen molar-refractivity contribution < 1.29 is 9.90 Å². The first-order valence-electron chi connectivity index (χ1n) is 4.47. The maximum atomic E-state index is 11.0. The number of carboxylic acid groups (broad SMARTS) is 1. The van der Waals surface area contributed by atoms with Gasteiger partial charge in [-0.25, -0.2) is 4.79 Å². The van der Waals surface area contributed by atoms with E-state index in [-0.39, 0.29) is 5.69 Å². The molecule has 0 aliphatic carbocycles. The van der Waals surface area contributed by atoms with Crippen molar-refractivity contribution in [3.8, 4) is 11.3 Å². The zero-order valence-corrected chi connectivity index (χ0v) is 9.14. The summed E-state index contributed by atoms with van der Waals surface area (Å²) in [6.07, 6.45) is 3.12. The Kier molecular flexibility index (Phi) is 2.62. The third kappa shape index (κ3) is 1.90. The number of carbonyl (C=O) groups is 1. The topological polar surface area (TPSA) is 68.0 Å². The molecule has 0 aromatic carbocycles. The van der Waals surface area contributed by atoms with E-state index in [4.69, 9.17) is 16.7 Å². The molecule has 2 heterocycles. The lowest BCUT2D eigenvalue weighted by atomic mass is 10.1. The highest BCUT2D eigenvalue weighted by Gasteiger charge is 2.17. The Morgan fingerprint density at radius 3 is 2.94 bits per heavy atom. The molecule has 6 heteroatoms. The zero-order chi connectivity index (χ0) is 11.7. The summed E-state index contributed by atoms with van der Waals surface area (Å²) >= 11 is 5.82. The summed E-state index contributed by atoms with van der Waals surface area (Å²) < 4.78 is 1.43. The first kappa shape index (κ1) is 10.6. The Bertz CT molecular complexity index is 551. The number of hydrogen-bond donors (Lipinski definition) is 1. The molecule has 0 atom stereocenters. The van der Waals surface area contributed by atoms with Gasteiger partial charge in [-0.3, -0.25) is 9.67 Å². The average Bonchev–Trinajstić information content (AvgIpc) is 2.60. The van der Waals surface area contributed by atoms with Crippen LogP contribution in [0.4, 0.5) is 0 Å². The maximum absolute atomic E-state index is 11.0. The van der Waals surface area contributed by atoms with Crippen LogP contribution in [0.1, 0.15) is 10.5 Å². The molecule has 1 N–H and O–H groups in total. The predicted octanol–water partition coefficient (Wildman–Crippen LogP) is 1.83. The number of carboxylic acids is 1. The largest absolute Gasteiger partial charge is 0.476 e. The molecule has 0 fully saturated rings. The molecule has 16 heavy (non-hydrogen) atoms. The van der Waals surface area contributed by atoms with Crippen LogP contribution in [0.15, 0.2) is 24.5 Å². The SMILES string of the molecule is Cn1cc(-c2cc(Cl)ccn2)c(C(=O)O)n1. The molecule has 5 nitrogen and oxygen atoms in total. The van der Waals surface area contributed by atoms with Crippen LogP contribution in [0.3, 0.4) is 0 Å². The Balaban J connectivity index is 2.59. The number of halogens is 1. The van der Waals surface area contributed by atoms with Gasteiger partial charge in [0.25, 0.3) is 0 Å². The second-order valence-corrected chi connectivity index (χ2v) is 3.67. The Morgan fingerprint density at radius 1 is 1.56 bits per heavy atom. The molecular formula is C10H8ClN3O2. The smallest absolute Gasteiger partial charge is 0.357 e. The summed E-state index contributed by atoms with van der Waals surface area (Å²) in [4.78, 5) is 15.0. The Labute approximate surface area is 96.3 Å². The first-order chi connectivity index (χ1) is 7.58. The summed E-state index contributed by atoms with van der Waals surface area (Å²) in [6, 6.07) is 3.23. The minimum absolute atomic E-state index is 0.0303. The van der Waals surface area contributed by atoms with Gasteiger partial charge in [0.15, 0.2) is 5.69 Å². The molecule has 2 rings (SSSR count). The molecule has 0 saturated carbocycles. The molecule has 0 radical (unpaired) electrons. The van der Waals surface area contributed by atoms with E-state index < -0.39 is 5.97 Å². The number of aryl methyl sites for hydroxylation is 1. The van der Waals surface area contributed by atoms with Crippen LogP contribution in [-0.4, -0.2) is 25.8 Å². The van der Waals surface area contributed by atoms with E-state index in [1.165, 1.54) is 10.9 Å². The third-order valence-corrected chi connectivity index (χ3v) is 2.26. The van der Waals surface area contributed by atoms with Gasteiger partial charge >= 0.3 is 5.97 Å². The highest BCUT2D eigenvalue weighted by molar-refractivity contribution is 6.30. The van der Waals surface area contributed by atoms with Gasteiger partial charge in [-0.15, -0.1) is 0 Å². The fraction of sp³-hybridized carbons (Fsp3) is 0.100. The standard InChI is InChI=1S/C10H8ClN3O2/c1-14-5-7(9(13-14)10(15)16)8-4-6(11)2-3-12-8/h2-5H,1H3,(H,15,16). The van der Waals surface area contributed by atoms with Crippen molar-refractivity contribution in [3.05, 3.63) is 35.2 Å². The van der Waals surface area contributed by atoms with Crippen molar-refractivity contribution in [2.75, 3.05) is 0 Å². The van der Waals surface area contributed by atoms with Crippen LogP contribution in [0, 0.1) is 0 Å². The van der Waals surface area contributed by atoms with Crippen molar-refractivity contribution in [2.45, 2.75) is 0 Å². The zero-order valence-electron chi connectivity index (χ0n) is 8.38. The maximum Gasteiger partial charge on any atom is 0.357 e. The molecule has 0 unspecified atom stereocenters. The van der Waals surface area contributed by atoms with E-state index in [0.29, 0.717) is 16.3 Å². The van der Waals surface area contributed by atoms with Crippen molar-refractivity contribution in [1.82, 2.24) is 14.8 Å². The lowest BCUT2D eigenvalue weighted by Crippen LogP contribution is -2.00. The van der Waals surface area contributed by atoms with E-state index in [2.05, 4.69) is 10.1 Å². The summed E-state index contributed by atoms with van der Waals surface area (Å²) in [5.74, 6) is -1.09. The van der Waals surface area contributed by atoms with E-state index in [9.17, 15) is 4.79 Å². The molecule has 0 aliphatic rings. The van der Waals surface area contributed by atoms with Gasteiger partial charge in [0.2, 0.25) is 0 Å². The molecule has 2 aromatic rings. The van der Waals surface area contributed by atoms with Crippen molar-refractivity contribution in [3.63, 3.8) is 0 Å². The quantitative estimate of drug-likeness (QED) is 0.865. The average molecular weight is 238 g/mol. The van der Waals surface area contributed by atoms with Crippen LogP contribution in [0.2, 0.25) is 5.02 Å². The highest BCUT2D eigenvalue weighted by atomic mass is 35.5. The van der Waals surface area contributed by atoms with E-state index >= 15 is 0 Å². The van der Waals surface area contributed by atoms with Gasteiger partial charge in [0, 0.05) is 24.5 Å². The van der Waals surface area contributed by atoms with Gasteiger partial charge in [0.05, 0.1) is 11.3 Å². The third-order valence-electron chi connectivity index (χ3n) is 2.03. The van der Waals surface area contributed by atoms with Crippen molar-refractivity contribution >= 4 is 17.6 Å². The monoisotopic (exact) mass is 237 g/mol. The lowest BCUT2D eigenvalue weighted by molar-refractivity contribution is 0.0690. The molecule has 2 aromatic heterocycles. The molecule has 0 aliphatic heterocycles. The summed E-state index contributed by atoms with van der Waals surface area (Å²) in [7, 11) is 1.65. The van der Waals surface area contributed by atoms with Crippen molar-refractivity contribution in [2.24, 2.45) is 7.05 Å². The van der Waals surface area contributed by atoms with Gasteiger partial charge in [0.1, 0.15) is 0 Å². The van der Waals surface area contributed by atoms with Gasteiger partial charge in [-0.1, -0.05) is 11.6 Å². The van der Waals surface area contributed by atoms with E-state index in [0.717, 1.165) is 0 Å². The van der Waals surface area contributed by atoms with Crippen LogP contribution in [0.25, 0.3) is 11.3 Å². The number of rotatable bonds is 2. The number of pyridine rings is 1. The van der Waals surface area contributed by atoms with Crippen LogP contribution < -0.4 is 0 Å². The number of nitrogens with zero attached hydrogens (tertiary/aromatic N) is 3. The van der Waals surface area contributed by atoms with Crippen molar-refractivity contribution in [1.29, 1.82) is 0 Å². The molecule has 82 valence electrons. The minimum atomic E-state index is -1.09. The van der Waals surface area contributed by atoms with Gasteiger partial charge in [-0.05, 0) is 12.1 Å². The fourth-order valence-corrected chi connectivity index (χ4v) is 1.55. The lowest BCUT2D eigenvalue weighted by Gasteiger charge is -1.98. The molecular weight excluding hydrogens is 230 g/mol. The Hall–Kier alpha value is -1.88. The number of hydrogen-bond acceptors (Lipinski definition) is 3. The summed E-state index contributed by atoms with van der Waals surface area (Å²) in [5, 5.41) is 13.3. The van der Waals surface area contributed by atoms with Gasteiger partial charge < -0.3 is 5.11 Å². The second kappa shape index (κ2) is 3.94. The van der Waals surface area contributed by atoms with Gasteiger partial charge in [-0.2, -0.15) is 5.10 Å². The molecule has 0 saturated heterocycles. The van der Waals surface area contributed by atoms with Crippen LogP contribution in [-0.2, 0) is 7.05 Å². The minimum Gasteiger partial charge on any atom is -0.476 e. The first-order valence-corrected chi connectivity index (χ1v) is 4.84. The van der Waals surface area contributed by atoms with Crippen LogP contribution in [0.5, 0.6) is 0 Å². The number of aromatic nitrogens is 3. The summed E-state index contributed by atoms with van der Waals surface area (Å²) in [5.41, 5.74) is 0.924. The fourth-order valence-electron chi connectivity index (χ4n) is 1.39. The molecule has 0 amide bonds. The molecule has 0 bridgehead atoms. The normalized spacial score (nSPS) is 10.4. The van der Waals surface area contributed by atoms with Crippen LogP contribution >= 0.6 is 11.6 Å². The molecule has 0 spiro atoms. The number of aromatic carboxylic acids is 1. The predicted molar refractivity (Wildman–Crippen MR) is 58.4 cm³/mol.